The summed E-state index contributed by atoms with van der Waals surface area (Å²) in [6.07, 6.45) is 2.90. The summed E-state index contributed by atoms with van der Waals surface area (Å²) in [5.41, 5.74) is 1.58. The molecular formula is C11H14ClNO3S. The lowest BCUT2D eigenvalue weighted by Gasteiger charge is -2.05. The highest BCUT2D eigenvalue weighted by molar-refractivity contribution is 7.92. The first-order chi connectivity index (χ1) is 7.87. The Morgan fingerprint density at radius 2 is 1.88 bits per heavy atom. The van der Waals surface area contributed by atoms with Crippen LogP contribution in [0.5, 0.6) is 0 Å². The molecule has 0 amide bonds. The molecule has 6 heteroatoms. The van der Waals surface area contributed by atoms with Gasteiger partial charge in [0, 0.05) is 12.1 Å². The Morgan fingerprint density at radius 1 is 1.29 bits per heavy atom. The van der Waals surface area contributed by atoms with Crippen LogP contribution >= 0.6 is 11.6 Å². The zero-order chi connectivity index (χ0) is 12.9. The van der Waals surface area contributed by atoms with Gasteiger partial charge in [-0.1, -0.05) is 12.1 Å². The van der Waals surface area contributed by atoms with Crippen molar-refractivity contribution in [2.45, 2.75) is 19.3 Å². The van der Waals surface area contributed by atoms with Gasteiger partial charge in [0.15, 0.2) is 0 Å². The maximum absolute atomic E-state index is 11.0. The van der Waals surface area contributed by atoms with Crippen LogP contribution in [0.25, 0.3) is 0 Å². The van der Waals surface area contributed by atoms with Crippen LogP contribution in [-0.2, 0) is 21.2 Å². The van der Waals surface area contributed by atoms with Crippen molar-refractivity contribution in [3.8, 4) is 0 Å². The van der Waals surface area contributed by atoms with E-state index >= 15 is 0 Å². The molecule has 0 saturated heterocycles. The van der Waals surface area contributed by atoms with Gasteiger partial charge in [0.05, 0.1) is 6.26 Å². The van der Waals surface area contributed by atoms with Crippen LogP contribution in [0.3, 0.4) is 0 Å². The van der Waals surface area contributed by atoms with Crippen LogP contribution in [0.1, 0.15) is 18.4 Å². The van der Waals surface area contributed by atoms with E-state index in [9.17, 15) is 13.2 Å². The molecule has 0 fully saturated rings. The molecule has 1 aromatic rings. The van der Waals surface area contributed by atoms with Gasteiger partial charge < -0.3 is 0 Å². The molecule has 1 rings (SSSR count). The third kappa shape index (κ3) is 6.28. The van der Waals surface area contributed by atoms with Crippen LogP contribution in [-0.4, -0.2) is 19.9 Å². The normalized spacial score (nSPS) is 11.2. The number of rotatable bonds is 6. The highest BCUT2D eigenvalue weighted by Gasteiger charge is 2.02. The standard InChI is InChI=1S/C11H14ClNO3S/c1-17(15,16)13-10-7-5-9(6-8-10)3-2-4-11(12)14/h5-8,13H,2-4H2,1H3. The van der Waals surface area contributed by atoms with Crippen LogP contribution in [0.15, 0.2) is 24.3 Å². The van der Waals surface area contributed by atoms with Gasteiger partial charge in [-0.15, -0.1) is 0 Å². The summed E-state index contributed by atoms with van der Waals surface area (Å²) < 4.78 is 24.3. The second-order valence-electron chi connectivity index (χ2n) is 3.78. The van der Waals surface area contributed by atoms with E-state index < -0.39 is 10.0 Å². The molecule has 0 aliphatic rings. The molecule has 0 unspecified atom stereocenters. The van der Waals surface area contributed by atoms with E-state index in [0.29, 0.717) is 18.5 Å². The van der Waals surface area contributed by atoms with Gasteiger partial charge >= 0.3 is 0 Å². The Labute approximate surface area is 106 Å². The number of sulfonamides is 1. The van der Waals surface area contributed by atoms with E-state index in [0.717, 1.165) is 18.2 Å². The fraction of sp³-hybridized carbons (Fsp3) is 0.364. The highest BCUT2D eigenvalue weighted by Crippen LogP contribution is 2.13. The summed E-state index contributed by atoms with van der Waals surface area (Å²) in [5.74, 6) is 0. The number of carbonyl (C=O) groups is 1. The van der Waals surface area contributed by atoms with Gasteiger partial charge in [-0.3, -0.25) is 9.52 Å². The molecule has 0 radical (unpaired) electrons. The third-order valence-electron chi connectivity index (χ3n) is 2.10. The average molecular weight is 276 g/mol. The molecule has 1 aromatic carbocycles. The van der Waals surface area contributed by atoms with Crippen molar-refractivity contribution < 1.29 is 13.2 Å². The third-order valence-corrected chi connectivity index (χ3v) is 2.89. The zero-order valence-electron chi connectivity index (χ0n) is 9.44. The zero-order valence-corrected chi connectivity index (χ0v) is 11.0. The van der Waals surface area contributed by atoms with Crippen LogP contribution < -0.4 is 4.72 Å². The Kier molecular flexibility index (Phi) is 4.96. The van der Waals surface area contributed by atoms with Crippen LogP contribution in [0.4, 0.5) is 5.69 Å². The molecule has 94 valence electrons. The van der Waals surface area contributed by atoms with Gasteiger partial charge in [0.25, 0.3) is 0 Å². The molecule has 0 spiro atoms. The largest absolute Gasteiger partial charge is 0.284 e. The number of hydrogen-bond donors (Lipinski definition) is 1. The molecule has 0 aromatic heterocycles. The summed E-state index contributed by atoms with van der Waals surface area (Å²) >= 11 is 5.23. The summed E-state index contributed by atoms with van der Waals surface area (Å²) in [7, 11) is -3.23. The SMILES string of the molecule is CS(=O)(=O)Nc1ccc(CCCC(=O)Cl)cc1. The van der Waals surface area contributed by atoms with Crippen molar-refractivity contribution in [2.24, 2.45) is 0 Å². The smallest absolute Gasteiger partial charge is 0.229 e. The first kappa shape index (κ1) is 14.0. The van der Waals surface area contributed by atoms with Gasteiger partial charge in [-0.25, -0.2) is 8.42 Å². The number of carbonyl (C=O) groups excluding carboxylic acids is 1. The predicted octanol–water partition coefficient (Wildman–Crippen LogP) is 2.15. The average Bonchev–Trinajstić information content (AvgIpc) is 2.18. The second-order valence-corrected chi connectivity index (χ2v) is 5.95. The van der Waals surface area contributed by atoms with Gasteiger partial charge in [0.2, 0.25) is 15.3 Å². The molecule has 0 aliphatic carbocycles. The number of nitrogens with one attached hydrogen (secondary N) is 1. The van der Waals surface area contributed by atoms with Gasteiger partial charge in [-0.2, -0.15) is 0 Å². The van der Waals surface area contributed by atoms with E-state index in [1.807, 2.05) is 12.1 Å². The predicted molar refractivity (Wildman–Crippen MR) is 68.7 cm³/mol. The minimum atomic E-state index is -3.23. The molecule has 4 nitrogen and oxygen atoms in total. The molecule has 0 heterocycles. The van der Waals surface area contributed by atoms with Crippen molar-refractivity contribution in [2.75, 3.05) is 11.0 Å². The minimum absolute atomic E-state index is 0.333. The van der Waals surface area contributed by atoms with E-state index in [-0.39, 0.29) is 5.24 Å². The second kappa shape index (κ2) is 6.02. The molecule has 0 aliphatic heterocycles. The van der Waals surface area contributed by atoms with Crippen LogP contribution in [0, 0.1) is 0 Å². The lowest BCUT2D eigenvalue weighted by molar-refractivity contribution is -0.111. The van der Waals surface area contributed by atoms with Gasteiger partial charge in [0.1, 0.15) is 0 Å². The molecule has 0 bridgehead atoms. The summed E-state index contributed by atoms with van der Waals surface area (Å²) in [4.78, 5) is 10.5. The topological polar surface area (TPSA) is 63.2 Å². The number of anilines is 1. The van der Waals surface area contributed by atoms with Crippen molar-refractivity contribution in [1.82, 2.24) is 0 Å². The molecule has 0 saturated carbocycles. The Balaban J connectivity index is 2.53. The lowest BCUT2D eigenvalue weighted by atomic mass is 10.1. The maximum atomic E-state index is 11.0. The first-order valence-electron chi connectivity index (χ1n) is 5.12. The van der Waals surface area contributed by atoms with Crippen molar-refractivity contribution in [3.05, 3.63) is 29.8 Å². The van der Waals surface area contributed by atoms with Crippen LogP contribution in [0.2, 0.25) is 0 Å². The lowest BCUT2D eigenvalue weighted by Crippen LogP contribution is -2.09. The number of aryl methyl sites for hydroxylation is 1. The number of benzene rings is 1. The van der Waals surface area contributed by atoms with Crippen molar-refractivity contribution >= 4 is 32.6 Å². The molecule has 17 heavy (non-hydrogen) atoms. The Morgan fingerprint density at radius 3 is 2.35 bits per heavy atom. The highest BCUT2D eigenvalue weighted by atomic mass is 35.5. The minimum Gasteiger partial charge on any atom is -0.284 e. The molecule has 1 N–H and O–H groups in total. The van der Waals surface area contributed by atoms with E-state index in [2.05, 4.69) is 4.72 Å². The van der Waals surface area contributed by atoms with E-state index in [1.165, 1.54) is 0 Å². The summed E-state index contributed by atoms with van der Waals surface area (Å²) in [6.45, 7) is 0. The fourth-order valence-corrected chi connectivity index (χ4v) is 2.08. The fourth-order valence-electron chi connectivity index (χ4n) is 1.39. The quantitative estimate of drug-likeness (QED) is 0.809. The summed E-state index contributed by atoms with van der Waals surface area (Å²) in [6, 6.07) is 7.04. The van der Waals surface area contributed by atoms with E-state index in [4.69, 9.17) is 11.6 Å². The van der Waals surface area contributed by atoms with Crippen molar-refractivity contribution in [1.29, 1.82) is 0 Å². The Hall–Kier alpha value is -1.07. The monoisotopic (exact) mass is 275 g/mol. The van der Waals surface area contributed by atoms with E-state index in [1.54, 1.807) is 12.1 Å². The first-order valence-corrected chi connectivity index (χ1v) is 7.39. The Bertz CT molecular complexity index is 482. The number of halogens is 1. The number of hydrogen-bond acceptors (Lipinski definition) is 3. The maximum Gasteiger partial charge on any atom is 0.229 e. The molecule has 0 atom stereocenters. The van der Waals surface area contributed by atoms with Crippen molar-refractivity contribution in [3.63, 3.8) is 0 Å². The molecular weight excluding hydrogens is 262 g/mol. The summed E-state index contributed by atoms with van der Waals surface area (Å²) in [5, 5.41) is -0.333. The van der Waals surface area contributed by atoms with Gasteiger partial charge in [-0.05, 0) is 42.1 Å².